The van der Waals surface area contributed by atoms with Gasteiger partial charge in [-0.2, -0.15) is 0 Å². The number of hydrogen-bond acceptors (Lipinski definition) is 3. The zero-order valence-electron chi connectivity index (χ0n) is 11.9. The Balaban J connectivity index is 1.47. The number of likely N-dealkylation sites (tertiary alicyclic amines) is 1. The maximum Gasteiger partial charge on any atom is 0.0148 e. The summed E-state index contributed by atoms with van der Waals surface area (Å²) >= 11 is 0. The zero-order valence-corrected chi connectivity index (χ0v) is 11.9. The van der Waals surface area contributed by atoms with Crippen LogP contribution in [-0.2, 0) is 0 Å². The summed E-state index contributed by atoms with van der Waals surface area (Å²) < 4.78 is 0. The number of hydrogen-bond donors (Lipinski definition) is 1. The Hall–Kier alpha value is -0.120. The fraction of sp³-hybridized carbons (Fsp3) is 1.00. The van der Waals surface area contributed by atoms with Crippen LogP contribution >= 0.6 is 0 Å². The van der Waals surface area contributed by atoms with Crippen molar-refractivity contribution in [2.24, 2.45) is 11.8 Å². The van der Waals surface area contributed by atoms with E-state index in [1.807, 2.05) is 0 Å². The molecule has 3 heteroatoms. The van der Waals surface area contributed by atoms with E-state index in [4.69, 9.17) is 0 Å². The van der Waals surface area contributed by atoms with Crippen molar-refractivity contribution in [1.29, 1.82) is 0 Å². The maximum absolute atomic E-state index is 3.51. The van der Waals surface area contributed by atoms with Crippen LogP contribution in [0, 0.1) is 11.8 Å². The van der Waals surface area contributed by atoms with Crippen molar-refractivity contribution in [3.8, 4) is 0 Å². The van der Waals surface area contributed by atoms with Gasteiger partial charge in [0.1, 0.15) is 0 Å². The monoisotopic (exact) mass is 251 g/mol. The Bertz CT molecular complexity index is 260. The molecule has 0 amide bonds. The van der Waals surface area contributed by atoms with Crippen molar-refractivity contribution in [1.82, 2.24) is 15.1 Å². The smallest absolute Gasteiger partial charge is 0.0148 e. The van der Waals surface area contributed by atoms with Crippen molar-refractivity contribution in [2.75, 3.05) is 45.8 Å². The molecule has 0 aromatic heterocycles. The van der Waals surface area contributed by atoms with Crippen LogP contribution < -0.4 is 5.32 Å². The SMILES string of the molecule is CCNCC1CCN(C2CCN3CCC2C3)CC1. The number of fused-ring (bicyclic) bond motifs is 2. The second kappa shape index (κ2) is 5.89. The van der Waals surface area contributed by atoms with Gasteiger partial charge < -0.3 is 10.2 Å². The fourth-order valence-electron chi connectivity index (χ4n) is 4.25. The molecule has 3 rings (SSSR count). The first kappa shape index (κ1) is 12.9. The lowest BCUT2D eigenvalue weighted by atomic mass is 9.89. The Kier molecular flexibility index (Phi) is 4.22. The van der Waals surface area contributed by atoms with Gasteiger partial charge in [-0.05, 0) is 76.8 Å². The number of nitrogens with one attached hydrogen (secondary N) is 1. The third-order valence-electron chi connectivity index (χ3n) is 5.40. The molecule has 3 aliphatic heterocycles. The van der Waals surface area contributed by atoms with E-state index in [0.29, 0.717) is 0 Å². The molecule has 3 atom stereocenters. The molecule has 1 N–H and O–H groups in total. The van der Waals surface area contributed by atoms with Gasteiger partial charge in [0, 0.05) is 12.6 Å². The van der Waals surface area contributed by atoms with Gasteiger partial charge in [0.2, 0.25) is 0 Å². The molecule has 0 aromatic rings. The molecule has 0 radical (unpaired) electrons. The highest BCUT2D eigenvalue weighted by atomic mass is 15.2. The largest absolute Gasteiger partial charge is 0.317 e. The average Bonchev–Trinajstić information content (AvgIpc) is 2.79. The van der Waals surface area contributed by atoms with Gasteiger partial charge in [-0.3, -0.25) is 4.90 Å². The highest BCUT2D eigenvalue weighted by molar-refractivity contribution is 4.93. The van der Waals surface area contributed by atoms with Crippen LogP contribution in [0.15, 0.2) is 0 Å². The van der Waals surface area contributed by atoms with Crippen molar-refractivity contribution in [2.45, 2.75) is 38.6 Å². The van der Waals surface area contributed by atoms with Crippen molar-refractivity contribution in [3.63, 3.8) is 0 Å². The van der Waals surface area contributed by atoms with Gasteiger partial charge in [-0.15, -0.1) is 0 Å². The molecule has 3 heterocycles. The first-order chi connectivity index (χ1) is 8.86. The van der Waals surface area contributed by atoms with Crippen LogP contribution in [0.3, 0.4) is 0 Å². The minimum Gasteiger partial charge on any atom is -0.317 e. The van der Waals surface area contributed by atoms with E-state index >= 15 is 0 Å². The average molecular weight is 251 g/mol. The molecule has 0 aliphatic carbocycles. The highest BCUT2D eigenvalue weighted by Gasteiger charge is 2.38. The molecule has 0 aromatic carbocycles. The molecule has 0 saturated carbocycles. The summed E-state index contributed by atoms with van der Waals surface area (Å²) in [5.74, 6) is 1.92. The molecule has 0 spiro atoms. The Morgan fingerprint density at radius 1 is 1.00 bits per heavy atom. The molecular weight excluding hydrogens is 222 g/mol. The lowest BCUT2D eigenvalue weighted by molar-refractivity contribution is 0.0675. The van der Waals surface area contributed by atoms with Crippen LogP contribution in [0.1, 0.15) is 32.6 Å². The van der Waals surface area contributed by atoms with Crippen LogP contribution in [-0.4, -0.2) is 61.7 Å². The van der Waals surface area contributed by atoms with E-state index < -0.39 is 0 Å². The van der Waals surface area contributed by atoms with Gasteiger partial charge in [-0.1, -0.05) is 6.92 Å². The van der Waals surface area contributed by atoms with E-state index in [2.05, 4.69) is 22.0 Å². The van der Waals surface area contributed by atoms with E-state index in [0.717, 1.165) is 24.4 Å². The Labute approximate surface area is 112 Å². The van der Waals surface area contributed by atoms with Gasteiger partial charge in [0.25, 0.3) is 0 Å². The predicted octanol–water partition coefficient (Wildman–Crippen LogP) is 1.40. The van der Waals surface area contributed by atoms with E-state index in [1.165, 1.54) is 65.0 Å². The fourth-order valence-corrected chi connectivity index (χ4v) is 4.25. The normalized spacial score (nSPS) is 38.2. The minimum absolute atomic E-state index is 0.920. The van der Waals surface area contributed by atoms with Crippen LogP contribution in [0.25, 0.3) is 0 Å². The third-order valence-corrected chi connectivity index (χ3v) is 5.40. The van der Waals surface area contributed by atoms with Crippen molar-refractivity contribution < 1.29 is 0 Å². The topological polar surface area (TPSA) is 18.5 Å². The summed E-state index contributed by atoms with van der Waals surface area (Å²) in [7, 11) is 0. The first-order valence-corrected chi connectivity index (χ1v) is 8.04. The second-order valence-electron chi connectivity index (χ2n) is 6.49. The molecule has 104 valence electrons. The number of nitrogens with zero attached hydrogens (tertiary/aromatic N) is 2. The molecule has 3 nitrogen and oxygen atoms in total. The van der Waals surface area contributed by atoms with Gasteiger partial charge in [0.15, 0.2) is 0 Å². The zero-order chi connectivity index (χ0) is 12.4. The summed E-state index contributed by atoms with van der Waals surface area (Å²) in [5.41, 5.74) is 0. The quantitative estimate of drug-likeness (QED) is 0.815. The molecule has 18 heavy (non-hydrogen) atoms. The van der Waals surface area contributed by atoms with E-state index in [1.54, 1.807) is 0 Å². The van der Waals surface area contributed by atoms with Crippen molar-refractivity contribution in [3.05, 3.63) is 0 Å². The van der Waals surface area contributed by atoms with E-state index in [-0.39, 0.29) is 0 Å². The van der Waals surface area contributed by atoms with Crippen LogP contribution in [0.2, 0.25) is 0 Å². The van der Waals surface area contributed by atoms with Crippen LogP contribution in [0.5, 0.6) is 0 Å². The van der Waals surface area contributed by atoms with Crippen molar-refractivity contribution >= 4 is 0 Å². The lowest BCUT2D eigenvalue weighted by Crippen LogP contribution is -2.50. The maximum atomic E-state index is 3.51. The van der Waals surface area contributed by atoms with Gasteiger partial charge in [-0.25, -0.2) is 0 Å². The first-order valence-electron chi connectivity index (χ1n) is 8.04. The van der Waals surface area contributed by atoms with E-state index in [9.17, 15) is 0 Å². The summed E-state index contributed by atoms with van der Waals surface area (Å²) in [6, 6.07) is 0.920. The second-order valence-corrected chi connectivity index (χ2v) is 6.49. The molecule has 2 bridgehead atoms. The standard InChI is InChI=1S/C15H29N3/c1-2-16-11-13-3-9-18(10-4-13)15-6-8-17-7-5-14(15)12-17/h13-16H,2-12H2,1H3. The molecule has 3 aliphatic rings. The molecule has 3 fully saturated rings. The molecular formula is C15H29N3. The minimum atomic E-state index is 0.920. The Morgan fingerprint density at radius 3 is 2.56 bits per heavy atom. The molecule has 3 saturated heterocycles. The Morgan fingerprint density at radius 2 is 1.78 bits per heavy atom. The number of piperidine rings is 2. The highest BCUT2D eigenvalue weighted by Crippen LogP contribution is 2.32. The number of rotatable bonds is 4. The lowest BCUT2D eigenvalue weighted by Gasteiger charge is -2.42. The van der Waals surface area contributed by atoms with Crippen LogP contribution in [0.4, 0.5) is 0 Å². The third kappa shape index (κ3) is 2.73. The molecule has 3 unspecified atom stereocenters. The summed E-state index contributed by atoms with van der Waals surface area (Å²) in [5, 5.41) is 3.51. The summed E-state index contributed by atoms with van der Waals surface area (Å²) in [6.07, 6.45) is 5.73. The van der Waals surface area contributed by atoms with Gasteiger partial charge in [0.05, 0.1) is 0 Å². The summed E-state index contributed by atoms with van der Waals surface area (Å²) in [4.78, 5) is 5.49. The predicted molar refractivity (Wildman–Crippen MR) is 75.8 cm³/mol. The van der Waals surface area contributed by atoms with Gasteiger partial charge >= 0.3 is 0 Å². The summed E-state index contributed by atoms with van der Waals surface area (Å²) in [6.45, 7) is 11.4.